The van der Waals surface area contributed by atoms with Gasteiger partial charge in [-0.3, -0.25) is 0 Å². The minimum Gasteiger partial charge on any atom is -0.394 e. The minimum absolute atomic E-state index is 0.0894. The molecule has 0 aromatic rings. The molecule has 14 heavy (non-hydrogen) atoms. The summed E-state index contributed by atoms with van der Waals surface area (Å²) in [6.45, 7) is 6.51. The van der Waals surface area contributed by atoms with Crippen LogP contribution in [0.2, 0.25) is 0 Å². The molecule has 4 nitrogen and oxygen atoms in total. The van der Waals surface area contributed by atoms with Gasteiger partial charge >= 0.3 is 0 Å². The third-order valence-electron chi connectivity index (χ3n) is 1.79. The first kappa shape index (κ1) is 13.8. The van der Waals surface area contributed by atoms with Gasteiger partial charge < -0.3 is 20.3 Å². The average molecular weight is 205 g/mol. The highest BCUT2D eigenvalue weighted by Crippen LogP contribution is 2.04. The van der Waals surface area contributed by atoms with E-state index in [2.05, 4.69) is 5.32 Å². The molecular formula is C10H23NO3. The monoisotopic (exact) mass is 205 g/mol. The van der Waals surface area contributed by atoms with Crippen LogP contribution in [0.1, 0.15) is 26.7 Å². The SMILES string of the molecule is CC(C)(O)CCNCCCOCCO. The molecule has 0 bridgehead atoms. The van der Waals surface area contributed by atoms with Gasteiger partial charge in [0.1, 0.15) is 0 Å². The summed E-state index contributed by atoms with van der Waals surface area (Å²) in [5.74, 6) is 0. The number of aliphatic hydroxyl groups excluding tert-OH is 1. The van der Waals surface area contributed by atoms with Gasteiger partial charge in [-0.2, -0.15) is 0 Å². The molecular weight excluding hydrogens is 182 g/mol. The third kappa shape index (κ3) is 11.8. The Bertz CT molecular complexity index is 123. The van der Waals surface area contributed by atoms with Crippen molar-refractivity contribution in [2.75, 3.05) is 32.9 Å². The maximum atomic E-state index is 9.40. The van der Waals surface area contributed by atoms with Crippen molar-refractivity contribution in [3.8, 4) is 0 Å². The van der Waals surface area contributed by atoms with Gasteiger partial charge in [0.25, 0.3) is 0 Å². The van der Waals surface area contributed by atoms with E-state index in [9.17, 15) is 5.11 Å². The zero-order valence-electron chi connectivity index (χ0n) is 9.25. The van der Waals surface area contributed by atoms with Crippen molar-refractivity contribution in [2.45, 2.75) is 32.3 Å². The lowest BCUT2D eigenvalue weighted by Gasteiger charge is -2.16. The number of ether oxygens (including phenoxy) is 1. The van der Waals surface area contributed by atoms with Crippen molar-refractivity contribution in [2.24, 2.45) is 0 Å². The predicted molar refractivity (Wildman–Crippen MR) is 56.3 cm³/mol. The Balaban J connectivity index is 2.99. The first-order chi connectivity index (χ1) is 6.56. The number of nitrogens with one attached hydrogen (secondary N) is 1. The molecule has 3 N–H and O–H groups in total. The van der Waals surface area contributed by atoms with Crippen molar-refractivity contribution in [3.63, 3.8) is 0 Å². The van der Waals surface area contributed by atoms with E-state index < -0.39 is 5.60 Å². The van der Waals surface area contributed by atoms with E-state index in [1.165, 1.54) is 0 Å². The summed E-state index contributed by atoms with van der Waals surface area (Å²) in [5.41, 5.74) is -0.583. The summed E-state index contributed by atoms with van der Waals surface area (Å²) < 4.78 is 5.09. The summed E-state index contributed by atoms with van der Waals surface area (Å²) in [6.07, 6.45) is 1.69. The third-order valence-corrected chi connectivity index (χ3v) is 1.79. The molecule has 0 spiro atoms. The van der Waals surface area contributed by atoms with Crippen LogP contribution in [0.25, 0.3) is 0 Å². The molecule has 0 unspecified atom stereocenters. The van der Waals surface area contributed by atoms with Crippen molar-refractivity contribution in [1.29, 1.82) is 0 Å². The zero-order valence-corrected chi connectivity index (χ0v) is 9.25. The molecule has 0 fully saturated rings. The fraction of sp³-hybridized carbons (Fsp3) is 1.00. The highest BCUT2D eigenvalue weighted by molar-refractivity contribution is 4.66. The molecule has 0 aliphatic carbocycles. The molecule has 0 aliphatic rings. The second-order valence-corrected chi connectivity index (χ2v) is 4.00. The molecule has 0 aromatic heterocycles. The lowest BCUT2D eigenvalue weighted by molar-refractivity contribution is 0.0702. The molecule has 4 heteroatoms. The molecule has 0 radical (unpaired) electrons. The maximum Gasteiger partial charge on any atom is 0.0697 e. The second-order valence-electron chi connectivity index (χ2n) is 4.00. The lowest BCUT2D eigenvalue weighted by Crippen LogP contribution is -2.27. The highest BCUT2D eigenvalue weighted by Gasteiger charge is 2.10. The van der Waals surface area contributed by atoms with Gasteiger partial charge in [-0.05, 0) is 39.8 Å². The number of hydrogen-bond donors (Lipinski definition) is 3. The zero-order chi connectivity index (χ0) is 10.9. The van der Waals surface area contributed by atoms with Crippen LogP contribution in [0, 0.1) is 0 Å². The summed E-state index contributed by atoms with van der Waals surface area (Å²) in [6, 6.07) is 0. The van der Waals surface area contributed by atoms with E-state index in [0.29, 0.717) is 13.2 Å². The molecule has 0 atom stereocenters. The molecule has 0 amide bonds. The number of aliphatic hydroxyl groups is 2. The summed E-state index contributed by atoms with van der Waals surface area (Å²) in [7, 11) is 0. The molecule has 0 aromatic carbocycles. The first-order valence-electron chi connectivity index (χ1n) is 5.18. The van der Waals surface area contributed by atoms with Gasteiger partial charge in [0.15, 0.2) is 0 Å². The van der Waals surface area contributed by atoms with Gasteiger partial charge in [0.2, 0.25) is 0 Å². The topological polar surface area (TPSA) is 61.7 Å². The Morgan fingerprint density at radius 2 is 1.93 bits per heavy atom. The fourth-order valence-corrected chi connectivity index (χ4v) is 0.985. The summed E-state index contributed by atoms with van der Waals surface area (Å²) in [4.78, 5) is 0. The van der Waals surface area contributed by atoms with Gasteiger partial charge in [0.05, 0.1) is 18.8 Å². The maximum absolute atomic E-state index is 9.40. The molecule has 0 saturated heterocycles. The van der Waals surface area contributed by atoms with Crippen LogP contribution >= 0.6 is 0 Å². The van der Waals surface area contributed by atoms with Crippen molar-refractivity contribution in [1.82, 2.24) is 5.32 Å². The molecule has 0 heterocycles. The van der Waals surface area contributed by atoms with Crippen LogP contribution in [0.5, 0.6) is 0 Å². The van der Waals surface area contributed by atoms with E-state index >= 15 is 0 Å². The van der Waals surface area contributed by atoms with Crippen LogP contribution < -0.4 is 5.32 Å². The second kappa shape index (κ2) is 8.17. The van der Waals surface area contributed by atoms with Crippen LogP contribution in [0.3, 0.4) is 0 Å². The summed E-state index contributed by atoms with van der Waals surface area (Å²) >= 11 is 0. The van der Waals surface area contributed by atoms with Crippen molar-refractivity contribution < 1.29 is 14.9 Å². The molecule has 0 saturated carbocycles. The van der Waals surface area contributed by atoms with Gasteiger partial charge in [-0.15, -0.1) is 0 Å². The van der Waals surface area contributed by atoms with Crippen LogP contribution in [0.4, 0.5) is 0 Å². The highest BCUT2D eigenvalue weighted by atomic mass is 16.5. The van der Waals surface area contributed by atoms with Gasteiger partial charge in [-0.25, -0.2) is 0 Å². The predicted octanol–water partition coefficient (Wildman–Crippen LogP) is 0.136. The molecule has 0 rings (SSSR count). The lowest BCUT2D eigenvalue weighted by atomic mass is 10.1. The first-order valence-corrected chi connectivity index (χ1v) is 5.18. The van der Waals surface area contributed by atoms with Gasteiger partial charge in [0, 0.05) is 6.61 Å². The standard InChI is InChI=1S/C10H23NO3/c1-10(2,13)4-6-11-5-3-8-14-9-7-12/h11-13H,3-9H2,1-2H3. The quantitative estimate of drug-likeness (QED) is 0.468. The number of hydrogen-bond acceptors (Lipinski definition) is 4. The average Bonchev–Trinajstić information content (AvgIpc) is 2.08. The normalized spacial score (nSPS) is 12.0. The van der Waals surface area contributed by atoms with E-state index in [1.807, 2.05) is 0 Å². The Labute approximate surface area is 86.3 Å². The largest absolute Gasteiger partial charge is 0.394 e. The smallest absolute Gasteiger partial charge is 0.0697 e. The Hall–Kier alpha value is -0.160. The Morgan fingerprint density at radius 1 is 1.21 bits per heavy atom. The molecule has 86 valence electrons. The van der Waals surface area contributed by atoms with Crippen molar-refractivity contribution >= 4 is 0 Å². The van der Waals surface area contributed by atoms with Crippen LogP contribution in [-0.4, -0.2) is 48.7 Å². The minimum atomic E-state index is -0.583. The van der Waals surface area contributed by atoms with E-state index in [-0.39, 0.29) is 6.61 Å². The molecule has 0 aliphatic heterocycles. The fourth-order valence-electron chi connectivity index (χ4n) is 0.985. The Kier molecular flexibility index (Phi) is 8.08. The van der Waals surface area contributed by atoms with Crippen molar-refractivity contribution in [3.05, 3.63) is 0 Å². The van der Waals surface area contributed by atoms with E-state index in [4.69, 9.17) is 9.84 Å². The number of rotatable bonds is 9. The van der Waals surface area contributed by atoms with E-state index in [1.54, 1.807) is 13.8 Å². The van der Waals surface area contributed by atoms with Gasteiger partial charge in [-0.1, -0.05) is 0 Å². The van der Waals surface area contributed by atoms with Crippen LogP contribution in [-0.2, 0) is 4.74 Å². The van der Waals surface area contributed by atoms with E-state index in [0.717, 1.165) is 25.9 Å². The van der Waals surface area contributed by atoms with Crippen LogP contribution in [0.15, 0.2) is 0 Å². The Morgan fingerprint density at radius 3 is 2.50 bits per heavy atom. The summed E-state index contributed by atoms with van der Waals surface area (Å²) in [5, 5.41) is 21.0.